The van der Waals surface area contributed by atoms with Gasteiger partial charge in [0.1, 0.15) is 18.9 Å². The summed E-state index contributed by atoms with van der Waals surface area (Å²) in [5.41, 5.74) is 0. The highest BCUT2D eigenvalue weighted by Gasteiger charge is 2.36. The first kappa shape index (κ1) is 9.85. The van der Waals surface area contributed by atoms with Gasteiger partial charge < -0.3 is 19.7 Å². The lowest BCUT2D eigenvalue weighted by molar-refractivity contribution is -0.239. The van der Waals surface area contributed by atoms with Crippen molar-refractivity contribution < 1.29 is 24.1 Å². The van der Waals surface area contributed by atoms with Gasteiger partial charge in [-0.05, 0) is 0 Å². The molecule has 1 aliphatic heterocycles. The van der Waals surface area contributed by atoms with Crippen LogP contribution < -0.4 is 0 Å². The summed E-state index contributed by atoms with van der Waals surface area (Å²) < 4.78 is 21.7. The highest BCUT2D eigenvalue weighted by atomic mass is 19.1. The Morgan fingerprint density at radius 3 is 2.75 bits per heavy atom. The molecule has 1 aliphatic rings. The molecule has 0 saturated carbocycles. The molecule has 1 fully saturated rings. The van der Waals surface area contributed by atoms with Crippen LogP contribution in [0.4, 0.5) is 4.39 Å². The van der Waals surface area contributed by atoms with E-state index in [0.717, 1.165) is 0 Å². The highest BCUT2D eigenvalue weighted by molar-refractivity contribution is 4.82. The van der Waals surface area contributed by atoms with E-state index < -0.39 is 31.3 Å². The number of alkyl halides is 1. The van der Waals surface area contributed by atoms with Crippen molar-refractivity contribution in [3.05, 3.63) is 0 Å². The average Bonchev–Trinajstić information content (AvgIpc) is 2.08. The number of rotatable bonds is 2. The summed E-state index contributed by atoms with van der Waals surface area (Å²) in [7, 11) is 1.40. The lowest BCUT2D eigenvalue weighted by Crippen LogP contribution is -2.49. The van der Waals surface area contributed by atoms with E-state index in [2.05, 4.69) is 0 Å². The summed E-state index contributed by atoms with van der Waals surface area (Å²) in [5.74, 6) is 0. The van der Waals surface area contributed by atoms with Crippen LogP contribution in [0.3, 0.4) is 0 Å². The third-order valence-corrected chi connectivity index (χ3v) is 1.98. The van der Waals surface area contributed by atoms with Crippen LogP contribution in [-0.2, 0) is 9.47 Å². The van der Waals surface area contributed by atoms with Crippen molar-refractivity contribution in [2.24, 2.45) is 0 Å². The molecule has 0 aromatic carbocycles. The van der Waals surface area contributed by atoms with Crippen LogP contribution >= 0.6 is 0 Å². The number of ether oxygens (including phenoxy) is 2. The molecule has 1 heterocycles. The Kier molecular flexibility index (Phi) is 3.39. The van der Waals surface area contributed by atoms with Gasteiger partial charge in [-0.15, -0.1) is 0 Å². The molecule has 1 saturated heterocycles. The molecule has 0 aliphatic carbocycles. The standard InChI is InChI=1S/C7H13FO4/c1-11-4-2-6(9)12-5(3-8)7(4)10/h4-7,9-10H,2-3H2,1H3/t4-,5-,6+,7+/m0/s1. The molecule has 12 heavy (non-hydrogen) atoms. The Hall–Kier alpha value is -0.230. The van der Waals surface area contributed by atoms with E-state index in [9.17, 15) is 9.50 Å². The van der Waals surface area contributed by atoms with E-state index in [-0.39, 0.29) is 6.42 Å². The maximum absolute atomic E-state index is 12.2. The molecule has 0 radical (unpaired) electrons. The topological polar surface area (TPSA) is 58.9 Å². The Bertz CT molecular complexity index is 129. The van der Waals surface area contributed by atoms with E-state index in [1.807, 2.05) is 0 Å². The highest BCUT2D eigenvalue weighted by Crippen LogP contribution is 2.21. The van der Waals surface area contributed by atoms with Crippen LogP contribution in [0.2, 0.25) is 0 Å². The van der Waals surface area contributed by atoms with Crippen LogP contribution in [-0.4, -0.2) is 48.6 Å². The molecule has 5 heteroatoms. The van der Waals surface area contributed by atoms with Gasteiger partial charge in [0, 0.05) is 13.5 Å². The fourth-order valence-electron chi connectivity index (χ4n) is 1.28. The molecule has 0 aromatic rings. The zero-order valence-corrected chi connectivity index (χ0v) is 6.81. The number of methoxy groups -OCH3 is 1. The number of hydrogen-bond donors (Lipinski definition) is 2. The fraction of sp³-hybridized carbons (Fsp3) is 1.00. The number of halogens is 1. The predicted molar refractivity (Wildman–Crippen MR) is 38.3 cm³/mol. The average molecular weight is 180 g/mol. The molecule has 4 atom stereocenters. The van der Waals surface area contributed by atoms with Crippen LogP contribution in [0.5, 0.6) is 0 Å². The second kappa shape index (κ2) is 4.13. The van der Waals surface area contributed by atoms with E-state index in [0.29, 0.717) is 0 Å². The molecule has 0 spiro atoms. The van der Waals surface area contributed by atoms with Gasteiger partial charge in [0.05, 0.1) is 6.10 Å². The van der Waals surface area contributed by atoms with Gasteiger partial charge in [-0.3, -0.25) is 0 Å². The van der Waals surface area contributed by atoms with Crippen molar-refractivity contribution in [3.8, 4) is 0 Å². The zero-order chi connectivity index (χ0) is 9.14. The van der Waals surface area contributed by atoms with Crippen molar-refractivity contribution in [2.45, 2.75) is 31.0 Å². The first-order valence-corrected chi connectivity index (χ1v) is 3.79. The van der Waals surface area contributed by atoms with Gasteiger partial charge in [-0.25, -0.2) is 4.39 Å². The Labute approximate surface area is 69.9 Å². The maximum Gasteiger partial charge on any atom is 0.157 e. The molecular weight excluding hydrogens is 167 g/mol. The first-order chi connectivity index (χ1) is 5.69. The van der Waals surface area contributed by atoms with E-state index >= 15 is 0 Å². The first-order valence-electron chi connectivity index (χ1n) is 3.79. The molecule has 2 N–H and O–H groups in total. The monoisotopic (exact) mass is 180 g/mol. The molecular formula is C7H13FO4. The lowest BCUT2D eigenvalue weighted by atomic mass is 10.0. The van der Waals surface area contributed by atoms with Gasteiger partial charge in [0.25, 0.3) is 0 Å². The SMILES string of the molecule is CO[C@H]1C[C@H](O)O[C@@H](CF)[C@@H]1O. The Balaban J connectivity index is 2.55. The van der Waals surface area contributed by atoms with Gasteiger partial charge in [0.15, 0.2) is 6.29 Å². The van der Waals surface area contributed by atoms with Gasteiger partial charge in [0.2, 0.25) is 0 Å². The van der Waals surface area contributed by atoms with Crippen molar-refractivity contribution in [1.82, 2.24) is 0 Å². The minimum absolute atomic E-state index is 0.175. The van der Waals surface area contributed by atoms with E-state index in [4.69, 9.17) is 14.6 Å². The van der Waals surface area contributed by atoms with Crippen LogP contribution in [0.1, 0.15) is 6.42 Å². The fourth-order valence-corrected chi connectivity index (χ4v) is 1.28. The number of aliphatic hydroxyl groups is 2. The lowest BCUT2D eigenvalue weighted by Gasteiger charge is -2.35. The summed E-state index contributed by atoms with van der Waals surface area (Å²) in [4.78, 5) is 0. The molecule has 72 valence electrons. The third kappa shape index (κ3) is 1.92. The smallest absolute Gasteiger partial charge is 0.157 e. The minimum atomic E-state index is -1.04. The summed E-state index contributed by atoms with van der Waals surface area (Å²) in [6.07, 6.45) is -3.38. The molecule has 0 amide bonds. The molecule has 0 aromatic heterocycles. The van der Waals surface area contributed by atoms with Crippen molar-refractivity contribution in [1.29, 1.82) is 0 Å². The zero-order valence-electron chi connectivity index (χ0n) is 6.81. The second-order valence-electron chi connectivity index (χ2n) is 2.78. The second-order valence-corrected chi connectivity index (χ2v) is 2.78. The number of aliphatic hydroxyl groups excluding tert-OH is 2. The van der Waals surface area contributed by atoms with Crippen molar-refractivity contribution in [2.75, 3.05) is 13.8 Å². The summed E-state index contributed by atoms with van der Waals surface area (Å²) in [6, 6.07) is 0. The molecule has 1 rings (SSSR count). The normalized spacial score (nSPS) is 43.0. The number of hydrogen-bond acceptors (Lipinski definition) is 4. The van der Waals surface area contributed by atoms with E-state index in [1.165, 1.54) is 7.11 Å². The summed E-state index contributed by atoms with van der Waals surface area (Å²) in [5, 5.41) is 18.4. The minimum Gasteiger partial charge on any atom is -0.388 e. The Morgan fingerprint density at radius 1 is 1.58 bits per heavy atom. The van der Waals surface area contributed by atoms with Gasteiger partial charge in [-0.1, -0.05) is 0 Å². The van der Waals surface area contributed by atoms with Crippen molar-refractivity contribution in [3.63, 3.8) is 0 Å². The van der Waals surface area contributed by atoms with Gasteiger partial charge >= 0.3 is 0 Å². The summed E-state index contributed by atoms with van der Waals surface area (Å²) >= 11 is 0. The van der Waals surface area contributed by atoms with Gasteiger partial charge in [-0.2, -0.15) is 0 Å². The molecule has 0 unspecified atom stereocenters. The predicted octanol–water partition coefficient (Wildman–Crippen LogP) is -0.561. The Morgan fingerprint density at radius 2 is 2.25 bits per heavy atom. The largest absolute Gasteiger partial charge is 0.388 e. The third-order valence-electron chi connectivity index (χ3n) is 1.98. The maximum atomic E-state index is 12.2. The van der Waals surface area contributed by atoms with Crippen LogP contribution in [0.25, 0.3) is 0 Å². The van der Waals surface area contributed by atoms with Crippen LogP contribution in [0, 0.1) is 0 Å². The van der Waals surface area contributed by atoms with Crippen molar-refractivity contribution >= 4 is 0 Å². The quantitative estimate of drug-likeness (QED) is 0.598. The molecule has 0 bridgehead atoms. The van der Waals surface area contributed by atoms with Crippen LogP contribution in [0.15, 0.2) is 0 Å². The van der Waals surface area contributed by atoms with E-state index in [1.54, 1.807) is 0 Å². The molecule has 4 nitrogen and oxygen atoms in total. The summed E-state index contributed by atoms with van der Waals surface area (Å²) in [6.45, 7) is -0.821.